The van der Waals surface area contributed by atoms with Crippen molar-refractivity contribution in [2.24, 2.45) is 0 Å². The number of hydrogen-bond acceptors (Lipinski definition) is 9. The fourth-order valence-corrected chi connectivity index (χ4v) is 6.22. The monoisotopic (exact) mass is 645 g/mol. The Hall–Kier alpha value is -4.14. The lowest BCUT2D eigenvalue weighted by Crippen LogP contribution is -2.41. The highest BCUT2D eigenvalue weighted by molar-refractivity contribution is 7.90. The number of carbonyl (C=O) groups is 2. The van der Waals surface area contributed by atoms with Crippen LogP contribution >= 0.6 is 0 Å². The lowest BCUT2D eigenvalue weighted by molar-refractivity contribution is -0.126. The van der Waals surface area contributed by atoms with Crippen LogP contribution in [0.4, 0.5) is 0 Å². The van der Waals surface area contributed by atoms with Gasteiger partial charge in [0.15, 0.2) is 11.5 Å². The van der Waals surface area contributed by atoms with Gasteiger partial charge < -0.3 is 14.2 Å². The topological polar surface area (TPSA) is 166 Å². The van der Waals surface area contributed by atoms with Crippen LogP contribution in [0.25, 0.3) is 0 Å². The zero-order valence-electron chi connectivity index (χ0n) is 24.7. The van der Waals surface area contributed by atoms with E-state index < -0.39 is 38.0 Å². The molecule has 2 amide bonds. The maximum absolute atomic E-state index is 13.7. The van der Waals surface area contributed by atoms with Crippen LogP contribution < -0.4 is 29.2 Å². The van der Waals surface area contributed by atoms with E-state index in [0.29, 0.717) is 29.9 Å². The minimum Gasteiger partial charge on any atom is -0.475 e. The molecule has 0 radical (unpaired) electrons. The predicted molar refractivity (Wildman–Crippen MR) is 161 cm³/mol. The molecule has 3 aromatic rings. The number of aryl methyl sites for hydroxylation is 1. The second-order valence-electron chi connectivity index (χ2n) is 10.3. The van der Waals surface area contributed by atoms with Gasteiger partial charge in [0.25, 0.3) is 26.0 Å². The van der Waals surface area contributed by atoms with Crippen LogP contribution in [0, 0.1) is 0 Å². The van der Waals surface area contributed by atoms with E-state index in [1.807, 2.05) is 25.6 Å². The Balaban J connectivity index is 1.68. The van der Waals surface area contributed by atoms with Crippen LogP contribution in [0.15, 0.2) is 70.5 Å². The fourth-order valence-electron chi connectivity index (χ4n) is 4.33. The van der Waals surface area contributed by atoms with E-state index in [-0.39, 0.29) is 40.2 Å². The number of ether oxygens (including phenoxy) is 3. The third-order valence-corrected chi connectivity index (χ3v) is 9.39. The van der Waals surface area contributed by atoms with E-state index >= 15 is 0 Å². The molecule has 1 aliphatic rings. The Labute approximate surface area is 257 Å². The van der Waals surface area contributed by atoms with Gasteiger partial charge in [0, 0.05) is 12.0 Å². The summed E-state index contributed by atoms with van der Waals surface area (Å²) in [7, 11) is -8.39. The third-order valence-electron chi connectivity index (χ3n) is 6.78. The van der Waals surface area contributed by atoms with Crippen molar-refractivity contribution < 1.29 is 40.6 Å². The highest BCUT2D eigenvalue weighted by Crippen LogP contribution is 2.36. The van der Waals surface area contributed by atoms with Gasteiger partial charge in [-0.3, -0.25) is 15.0 Å². The number of sulfonamides is 2. The normalized spacial score (nSPS) is 13.4. The molecule has 0 saturated heterocycles. The lowest BCUT2D eigenvalue weighted by atomic mass is 10.0. The van der Waals surface area contributed by atoms with Gasteiger partial charge in [-0.1, -0.05) is 52.3 Å². The molecule has 0 spiro atoms. The van der Waals surface area contributed by atoms with E-state index in [9.17, 15) is 26.4 Å². The molecule has 12 nitrogen and oxygen atoms in total. The fraction of sp³-hybridized carbons (Fsp3) is 0.333. The molecule has 0 aliphatic carbocycles. The summed E-state index contributed by atoms with van der Waals surface area (Å²) in [6, 6.07) is 14.9. The van der Waals surface area contributed by atoms with Crippen LogP contribution in [0.1, 0.15) is 69.2 Å². The van der Waals surface area contributed by atoms with Crippen LogP contribution in [-0.4, -0.2) is 35.4 Å². The molecule has 236 valence electrons. The number of hydrazine groups is 1. The molecule has 1 unspecified atom stereocenters. The van der Waals surface area contributed by atoms with E-state index in [1.165, 1.54) is 36.4 Å². The molecule has 14 heteroatoms. The Bertz CT molecular complexity index is 1740. The largest absolute Gasteiger partial charge is 0.475 e. The van der Waals surface area contributed by atoms with E-state index in [2.05, 4.69) is 10.1 Å². The first-order valence-corrected chi connectivity index (χ1v) is 17.0. The molecule has 0 saturated carbocycles. The van der Waals surface area contributed by atoms with Crippen molar-refractivity contribution in [3.8, 4) is 17.2 Å². The summed E-state index contributed by atoms with van der Waals surface area (Å²) in [6.07, 6.45) is -0.426. The Kier molecular flexibility index (Phi) is 10.2. The molecule has 1 atom stereocenters. The number of benzene rings is 3. The number of hydrogen-bond donors (Lipinski definition) is 3. The smallest absolute Gasteiger partial charge is 0.279 e. The highest BCUT2D eigenvalue weighted by Gasteiger charge is 2.30. The molecule has 3 aromatic carbocycles. The molecule has 1 aliphatic heterocycles. The van der Waals surface area contributed by atoms with E-state index in [0.717, 1.165) is 5.56 Å². The highest BCUT2D eigenvalue weighted by atomic mass is 32.2. The molecule has 0 fully saturated rings. The molecule has 0 aromatic heterocycles. The summed E-state index contributed by atoms with van der Waals surface area (Å²) < 4.78 is 71.2. The number of fused-ring (bicyclic) bond motifs is 1. The maximum Gasteiger partial charge on any atom is 0.279 e. The van der Waals surface area contributed by atoms with Gasteiger partial charge in [-0.05, 0) is 65.9 Å². The summed E-state index contributed by atoms with van der Waals surface area (Å²) in [5.74, 6) is -0.318. The van der Waals surface area contributed by atoms with Gasteiger partial charge in [0.2, 0.25) is 18.8 Å². The minimum atomic E-state index is -4.28. The molecule has 44 heavy (non-hydrogen) atoms. The first kappa shape index (κ1) is 32.8. The first-order chi connectivity index (χ1) is 20.8. The van der Waals surface area contributed by atoms with Crippen molar-refractivity contribution in [3.05, 3.63) is 77.4 Å². The van der Waals surface area contributed by atoms with Crippen LogP contribution in [-0.2, 0) is 36.1 Å². The zero-order chi connectivity index (χ0) is 32.1. The molecule has 1 heterocycles. The lowest BCUT2D eigenvalue weighted by Gasteiger charge is -2.22. The quantitative estimate of drug-likeness (QED) is 0.234. The third kappa shape index (κ3) is 7.68. The summed E-state index contributed by atoms with van der Waals surface area (Å²) in [4.78, 5) is 27.0. The van der Waals surface area contributed by atoms with Crippen LogP contribution in [0.2, 0.25) is 0 Å². The predicted octanol–water partition coefficient (Wildman–Crippen LogP) is 3.84. The SMILES string of the molecule is CCCc1cc(S(=O)(=O)NNC(=O)CC)ccc1OC(C(=O)NS(=O)(=O)c1ccc(C(C)C)cc1)c1ccc2c(c1)OCO2. The number of rotatable bonds is 13. The summed E-state index contributed by atoms with van der Waals surface area (Å²) >= 11 is 0. The number of amides is 2. The van der Waals surface area contributed by atoms with Crippen LogP contribution in [0.5, 0.6) is 17.2 Å². The van der Waals surface area contributed by atoms with Crippen molar-refractivity contribution >= 4 is 31.9 Å². The molecule has 4 rings (SSSR count). The van der Waals surface area contributed by atoms with Crippen molar-refractivity contribution in [2.45, 2.75) is 68.8 Å². The van der Waals surface area contributed by atoms with E-state index in [1.54, 1.807) is 31.2 Å². The molecular formula is C30H35N3O9S2. The number of nitrogens with one attached hydrogen (secondary N) is 3. The second kappa shape index (κ2) is 13.7. The first-order valence-electron chi connectivity index (χ1n) is 14.0. The minimum absolute atomic E-state index is 0.0133. The molecule has 0 bridgehead atoms. The zero-order valence-corrected chi connectivity index (χ0v) is 26.4. The van der Waals surface area contributed by atoms with E-state index in [4.69, 9.17) is 14.2 Å². The Morgan fingerprint density at radius 1 is 0.841 bits per heavy atom. The Morgan fingerprint density at radius 3 is 2.16 bits per heavy atom. The van der Waals surface area contributed by atoms with Gasteiger partial charge in [-0.2, -0.15) is 0 Å². The van der Waals surface area contributed by atoms with Crippen molar-refractivity contribution in [1.82, 2.24) is 15.0 Å². The van der Waals surface area contributed by atoms with Crippen molar-refractivity contribution in [3.63, 3.8) is 0 Å². The van der Waals surface area contributed by atoms with Crippen molar-refractivity contribution in [1.29, 1.82) is 0 Å². The molecule has 3 N–H and O–H groups in total. The average Bonchev–Trinajstić information content (AvgIpc) is 3.47. The van der Waals surface area contributed by atoms with Crippen LogP contribution in [0.3, 0.4) is 0 Å². The van der Waals surface area contributed by atoms with Gasteiger partial charge in [-0.15, -0.1) is 4.83 Å². The molecular weight excluding hydrogens is 610 g/mol. The van der Waals surface area contributed by atoms with Gasteiger partial charge in [0.05, 0.1) is 9.79 Å². The summed E-state index contributed by atoms with van der Waals surface area (Å²) in [5, 5.41) is 0. The van der Waals surface area contributed by atoms with Gasteiger partial charge >= 0.3 is 0 Å². The maximum atomic E-state index is 13.7. The van der Waals surface area contributed by atoms with Crippen molar-refractivity contribution in [2.75, 3.05) is 6.79 Å². The number of carbonyl (C=O) groups excluding carboxylic acids is 2. The van der Waals surface area contributed by atoms with Gasteiger partial charge in [0.1, 0.15) is 5.75 Å². The second-order valence-corrected chi connectivity index (χ2v) is 13.7. The standard InChI is InChI=1S/C30H35N3O9S2/c1-5-7-21-16-24(44(38,39)33-31-28(34)6-2)13-15-25(21)42-29(22-10-14-26-27(17-22)41-18-40-26)30(35)32-43(36,37)23-11-8-20(9-12-23)19(3)4/h8-17,19,29,33H,5-7,18H2,1-4H3,(H,31,34)(H,32,35). The van der Waals surface area contributed by atoms with Gasteiger partial charge in [-0.25, -0.2) is 21.6 Å². The summed E-state index contributed by atoms with van der Waals surface area (Å²) in [6.45, 7) is 7.41. The Morgan fingerprint density at radius 2 is 1.50 bits per heavy atom. The average molecular weight is 646 g/mol. The summed E-state index contributed by atoms with van der Waals surface area (Å²) in [5.41, 5.74) is 3.79.